The molecule has 4 rings (SSSR count). The fourth-order valence-electron chi connectivity index (χ4n) is 4.69. The Morgan fingerprint density at radius 3 is 2.45 bits per heavy atom. The van der Waals surface area contributed by atoms with E-state index >= 15 is 0 Å². The number of carbonyl (C=O) groups is 2. The number of hydrogen-bond donors (Lipinski definition) is 0. The third-order valence-electron chi connectivity index (χ3n) is 6.51. The number of methoxy groups -OCH3 is 1. The summed E-state index contributed by atoms with van der Waals surface area (Å²) in [6.07, 6.45) is 1.21. The minimum Gasteiger partial charge on any atom is -0.492 e. The number of carbonyl (C=O) groups excluding carboxylic acids is 2. The van der Waals surface area contributed by atoms with Crippen molar-refractivity contribution in [3.8, 4) is 11.8 Å². The molecule has 0 atom stereocenters. The Morgan fingerprint density at radius 1 is 1.18 bits per heavy atom. The number of anilines is 1. The maximum Gasteiger partial charge on any atom is 0.343 e. The molecule has 172 valence electrons. The van der Waals surface area contributed by atoms with Gasteiger partial charge in [0.15, 0.2) is 0 Å². The number of rotatable bonds is 5. The third kappa shape index (κ3) is 3.91. The second-order valence-corrected chi connectivity index (χ2v) is 8.23. The molecule has 2 aliphatic rings. The standard InChI is InChI=1S/C24H23F2N3O4/c1-28-20-4-3-15(14-27)11-17(20)24(23(28)31)5-7-29(8-6-24)9-10-33-16-12-18(25)21(19(26)13-16)22(30)32-2/h3-4,11-13H,5-10H2,1-2H3. The second kappa shape index (κ2) is 8.79. The number of hydrogen-bond acceptors (Lipinski definition) is 6. The smallest absolute Gasteiger partial charge is 0.343 e. The molecule has 1 amide bonds. The van der Waals surface area contributed by atoms with Crippen molar-refractivity contribution in [1.82, 2.24) is 4.90 Å². The number of piperidine rings is 1. The Hall–Kier alpha value is -3.51. The Labute approximate surface area is 190 Å². The van der Waals surface area contributed by atoms with Crippen molar-refractivity contribution in [2.24, 2.45) is 0 Å². The van der Waals surface area contributed by atoms with E-state index in [1.807, 2.05) is 12.1 Å². The minimum absolute atomic E-state index is 0.0170. The molecule has 0 unspecified atom stereocenters. The molecule has 1 saturated heterocycles. The van der Waals surface area contributed by atoms with Crippen LogP contribution in [0.1, 0.15) is 34.3 Å². The van der Waals surface area contributed by atoms with Gasteiger partial charge in [0, 0.05) is 31.4 Å². The monoisotopic (exact) mass is 455 g/mol. The molecule has 2 heterocycles. The normalized spacial score (nSPS) is 17.1. The molecule has 1 fully saturated rings. The fourth-order valence-corrected chi connectivity index (χ4v) is 4.69. The molecule has 0 aliphatic carbocycles. The summed E-state index contributed by atoms with van der Waals surface area (Å²) in [5.74, 6) is -3.15. The van der Waals surface area contributed by atoms with E-state index in [0.717, 1.165) is 30.5 Å². The summed E-state index contributed by atoms with van der Waals surface area (Å²) in [7, 11) is 2.80. The zero-order valence-corrected chi connectivity index (χ0v) is 18.4. The van der Waals surface area contributed by atoms with E-state index in [-0.39, 0.29) is 18.3 Å². The summed E-state index contributed by atoms with van der Waals surface area (Å²) in [6, 6.07) is 9.42. The van der Waals surface area contributed by atoms with Crippen LogP contribution in [0.25, 0.3) is 0 Å². The lowest BCUT2D eigenvalue weighted by Crippen LogP contribution is -2.48. The van der Waals surface area contributed by atoms with Gasteiger partial charge in [-0.1, -0.05) is 0 Å². The van der Waals surface area contributed by atoms with E-state index < -0.39 is 28.6 Å². The first-order chi connectivity index (χ1) is 15.8. The van der Waals surface area contributed by atoms with Gasteiger partial charge in [-0.2, -0.15) is 5.26 Å². The molecule has 9 heteroatoms. The summed E-state index contributed by atoms with van der Waals surface area (Å²) in [5.41, 5.74) is 0.892. The molecule has 33 heavy (non-hydrogen) atoms. The molecular formula is C24H23F2N3O4. The molecule has 0 bridgehead atoms. The van der Waals surface area contributed by atoms with Crippen molar-refractivity contribution >= 4 is 17.6 Å². The topological polar surface area (TPSA) is 82.9 Å². The maximum absolute atomic E-state index is 14.1. The number of esters is 1. The van der Waals surface area contributed by atoms with E-state index in [9.17, 15) is 23.6 Å². The molecule has 0 radical (unpaired) electrons. The van der Waals surface area contributed by atoms with Crippen LogP contribution in [0.4, 0.5) is 14.5 Å². The van der Waals surface area contributed by atoms with Crippen LogP contribution in [-0.4, -0.2) is 57.2 Å². The lowest BCUT2D eigenvalue weighted by molar-refractivity contribution is -0.124. The Balaban J connectivity index is 1.38. The SMILES string of the molecule is COC(=O)c1c(F)cc(OCCN2CCC3(CC2)C(=O)N(C)c2ccc(C#N)cc23)cc1F. The minimum atomic E-state index is -1.09. The van der Waals surface area contributed by atoms with E-state index in [1.54, 1.807) is 18.0 Å². The van der Waals surface area contributed by atoms with Crippen LogP contribution in [0, 0.1) is 23.0 Å². The number of benzene rings is 2. The van der Waals surface area contributed by atoms with Gasteiger partial charge in [0.05, 0.1) is 24.2 Å². The number of nitrogens with zero attached hydrogens (tertiary/aromatic N) is 3. The first kappa shape index (κ1) is 22.7. The molecule has 0 N–H and O–H groups in total. The number of likely N-dealkylation sites (tertiary alicyclic amines) is 1. The first-order valence-electron chi connectivity index (χ1n) is 10.6. The van der Waals surface area contributed by atoms with Crippen molar-refractivity contribution in [1.29, 1.82) is 5.26 Å². The maximum atomic E-state index is 14.1. The number of fused-ring (bicyclic) bond motifs is 2. The lowest BCUT2D eigenvalue weighted by Gasteiger charge is -2.38. The predicted molar refractivity (Wildman–Crippen MR) is 115 cm³/mol. The zero-order valence-electron chi connectivity index (χ0n) is 18.4. The van der Waals surface area contributed by atoms with Crippen molar-refractivity contribution in [2.75, 3.05) is 45.3 Å². The van der Waals surface area contributed by atoms with Gasteiger partial charge in [0.25, 0.3) is 0 Å². The Bertz CT molecular complexity index is 1130. The highest BCUT2D eigenvalue weighted by Gasteiger charge is 2.50. The number of ether oxygens (including phenoxy) is 2. The molecule has 2 aliphatic heterocycles. The summed E-state index contributed by atoms with van der Waals surface area (Å²) >= 11 is 0. The van der Waals surface area contributed by atoms with Crippen LogP contribution in [-0.2, 0) is 14.9 Å². The van der Waals surface area contributed by atoms with Crippen LogP contribution in [0.15, 0.2) is 30.3 Å². The van der Waals surface area contributed by atoms with E-state index in [0.29, 0.717) is 38.0 Å². The Kier molecular flexibility index (Phi) is 6.04. The second-order valence-electron chi connectivity index (χ2n) is 8.23. The van der Waals surface area contributed by atoms with Crippen LogP contribution in [0.5, 0.6) is 5.75 Å². The largest absolute Gasteiger partial charge is 0.492 e. The number of halogens is 2. The van der Waals surface area contributed by atoms with Gasteiger partial charge < -0.3 is 14.4 Å². The average molecular weight is 455 g/mol. The summed E-state index contributed by atoms with van der Waals surface area (Å²) in [4.78, 5) is 28.3. The van der Waals surface area contributed by atoms with Crippen molar-refractivity contribution < 1.29 is 27.8 Å². The van der Waals surface area contributed by atoms with Crippen LogP contribution >= 0.6 is 0 Å². The first-order valence-corrected chi connectivity index (χ1v) is 10.6. The lowest BCUT2D eigenvalue weighted by atomic mass is 9.73. The van der Waals surface area contributed by atoms with Crippen molar-refractivity contribution in [3.05, 3.63) is 58.7 Å². The Morgan fingerprint density at radius 2 is 1.85 bits per heavy atom. The third-order valence-corrected chi connectivity index (χ3v) is 6.51. The van der Waals surface area contributed by atoms with E-state index in [2.05, 4.69) is 15.7 Å². The van der Waals surface area contributed by atoms with Gasteiger partial charge in [-0.25, -0.2) is 13.6 Å². The van der Waals surface area contributed by atoms with Gasteiger partial charge in [0.1, 0.15) is 29.6 Å². The van der Waals surface area contributed by atoms with E-state index in [1.165, 1.54) is 0 Å². The van der Waals surface area contributed by atoms with E-state index in [4.69, 9.17) is 4.74 Å². The molecule has 7 nitrogen and oxygen atoms in total. The quantitative estimate of drug-likeness (QED) is 0.645. The van der Waals surface area contributed by atoms with Crippen molar-refractivity contribution in [3.63, 3.8) is 0 Å². The summed E-state index contributed by atoms with van der Waals surface area (Å²) in [5, 5.41) is 9.27. The van der Waals surface area contributed by atoms with Crippen molar-refractivity contribution in [2.45, 2.75) is 18.3 Å². The fraction of sp³-hybridized carbons (Fsp3) is 0.375. The molecule has 2 aromatic carbocycles. The highest BCUT2D eigenvalue weighted by Crippen LogP contribution is 2.47. The van der Waals surface area contributed by atoms with Gasteiger partial charge in [-0.3, -0.25) is 9.69 Å². The molecule has 0 saturated carbocycles. The van der Waals surface area contributed by atoms with Crippen LogP contribution in [0.3, 0.4) is 0 Å². The summed E-state index contributed by atoms with van der Waals surface area (Å²) < 4.78 is 38.0. The molecule has 2 aromatic rings. The highest BCUT2D eigenvalue weighted by molar-refractivity contribution is 6.08. The zero-order chi connectivity index (χ0) is 23.8. The van der Waals surface area contributed by atoms with Gasteiger partial charge in [0.2, 0.25) is 5.91 Å². The van der Waals surface area contributed by atoms with Crippen LogP contribution in [0.2, 0.25) is 0 Å². The number of likely N-dealkylation sites (N-methyl/N-ethyl adjacent to an activating group) is 1. The summed E-state index contributed by atoms with van der Waals surface area (Å²) in [6.45, 7) is 1.98. The average Bonchev–Trinajstić information content (AvgIpc) is 3.01. The van der Waals surface area contributed by atoms with Gasteiger partial charge >= 0.3 is 5.97 Å². The molecule has 0 aromatic heterocycles. The highest BCUT2D eigenvalue weighted by atomic mass is 19.1. The van der Waals surface area contributed by atoms with Gasteiger partial charge in [-0.15, -0.1) is 0 Å². The number of nitriles is 1. The number of amides is 1. The predicted octanol–water partition coefficient (Wildman–Crippen LogP) is 3.01. The molecular weight excluding hydrogens is 432 g/mol. The van der Waals surface area contributed by atoms with Gasteiger partial charge in [-0.05, 0) is 49.7 Å². The van der Waals surface area contributed by atoms with Crippen LogP contribution < -0.4 is 9.64 Å². The molecule has 1 spiro atoms.